The van der Waals surface area contributed by atoms with Crippen molar-refractivity contribution in [1.82, 2.24) is 0 Å². The molecule has 0 amide bonds. The lowest BCUT2D eigenvalue weighted by Crippen LogP contribution is -2.06. The van der Waals surface area contributed by atoms with Crippen molar-refractivity contribution in [1.29, 1.82) is 0 Å². The second-order valence-electron chi connectivity index (χ2n) is 2.79. The zero-order valence-electron chi connectivity index (χ0n) is 7.90. The molecule has 0 saturated carbocycles. The van der Waals surface area contributed by atoms with Gasteiger partial charge < -0.3 is 4.74 Å². The Labute approximate surface area is 99.7 Å². The zero-order valence-corrected chi connectivity index (χ0v) is 10.1. The summed E-state index contributed by atoms with van der Waals surface area (Å²) in [4.78, 5) is 21.0. The number of non-ortho nitro benzene ring substituents is 1. The third-order valence-electron chi connectivity index (χ3n) is 1.81. The molecule has 0 N–H and O–H groups in total. The van der Waals surface area contributed by atoms with Gasteiger partial charge in [0.05, 0.1) is 18.5 Å². The molecule has 1 aromatic rings. The zero-order chi connectivity index (χ0) is 11.4. The van der Waals surface area contributed by atoms with Gasteiger partial charge in [-0.05, 0) is 28.2 Å². The van der Waals surface area contributed by atoms with Gasteiger partial charge in [-0.3, -0.25) is 14.9 Å². The van der Waals surface area contributed by atoms with Gasteiger partial charge in [0.15, 0.2) is 0 Å². The number of benzene rings is 1. The Hall–Kier alpha value is -1.18. The van der Waals surface area contributed by atoms with Crippen LogP contribution in [0.25, 0.3) is 0 Å². The minimum atomic E-state index is -0.468. The fourth-order valence-electron chi connectivity index (χ4n) is 1.02. The molecule has 0 aliphatic heterocycles. The number of esters is 1. The molecule has 0 saturated heterocycles. The number of nitro benzene ring substituents is 1. The molecule has 0 fully saturated rings. The van der Waals surface area contributed by atoms with Crippen LogP contribution in [0.5, 0.6) is 0 Å². The Morgan fingerprint density at radius 1 is 1.60 bits per heavy atom. The average molecular weight is 321 g/mol. The summed E-state index contributed by atoms with van der Waals surface area (Å²) in [6, 6.07) is 4.37. The van der Waals surface area contributed by atoms with Crippen LogP contribution in [0.3, 0.4) is 0 Å². The molecule has 0 aliphatic rings. The number of hydrogen-bond donors (Lipinski definition) is 0. The van der Waals surface area contributed by atoms with Crippen molar-refractivity contribution in [3.63, 3.8) is 0 Å². The summed E-state index contributed by atoms with van der Waals surface area (Å²) in [6.07, 6.45) is 0.132. The number of nitro groups is 1. The molecule has 5 nitrogen and oxygen atoms in total. The van der Waals surface area contributed by atoms with Gasteiger partial charge in [0.2, 0.25) is 0 Å². The highest BCUT2D eigenvalue weighted by Gasteiger charge is 2.11. The SMILES string of the molecule is COC(=O)Cc1ccc([N+](=O)[O-])cc1I. The van der Waals surface area contributed by atoms with E-state index in [0.717, 1.165) is 5.56 Å². The predicted molar refractivity (Wildman–Crippen MR) is 61.5 cm³/mol. The Morgan fingerprint density at radius 3 is 2.73 bits per heavy atom. The Kier molecular flexibility index (Phi) is 4.01. The molecule has 0 spiro atoms. The maximum atomic E-state index is 11.0. The van der Waals surface area contributed by atoms with E-state index in [4.69, 9.17) is 0 Å². The molecule has 0 bridgehead atoms. The van der Waals surface area contributed by atoms with E-state index in [1.165, 1.54) is 19.2 Å². The minimum absolute atomic E-state index is 0.0213. The van der Waals surface area contributed by atoms with E-state index >= 15 is 0 Å². The first kappa shape index (κ1) is 11.9. The van der Waals surface area contributed by atoms with Crippen LogP contribution in [0, 0.1) is 13.7 Å². The third-order valence-corrected chi connectivity index (χ3v) is 2.81. The van der Waals surface area contributed by atoms with E-state index in [-0.39, 0.29) is 18.1 Å². The molecule has 0 aliphatic carbocycles. The first-order chi connectivity index (χ1) is 7.04. The highest BCUT2D eigenvalue weighted by molar-refractivity contribution is 14.1. The number of halogens is 1. The molecule has 0 radical (unpaired) electrons. The van der Waals surface area contributed by atoms with Crippen molar-refractivity contribution >= 4 is 34.2 Å². The third kappa shape index (κ3) is 3.15. The van der Waals surface area contributed by atoms with Gasteiger partial charge in [-0.25, -0.2) is 0 Å². The Bertz CT molecular complexity index is 405. The number of hydrogen-bond acceptors (Lipinski definition) is 4. The van der Waals surface area contributed by atoms with Crippen LogP contribution in [0.2, 0.25) is 0 Å². The van der Waals surface area contributed by atoms with Crippen molar-refractivity contribution < 1.29 is 14.5 Å². The maximum absolute atomic E-state index is 11.0. The molecule has 1 aromatic carbocycles. The van der Waals surface area contributed by atoms with E-state index in [2.05, 4.69) is 4.74 Å². The van der Waals surface area contributed by atoms with Gasteiger partial charge in [0.1, 0.15) is 0 Å². The van der Waals surface area contributed by atoms with E-state index < -0.39 is 4.92 Å². The number of rotatable bonds is 3. The molecule has 6 heteroatoms. The minimum Gasteiger partial charge on any atom is -0.469 e. The van der Waals surface area contributed by atoms with Crippen molar-refractivity contribution in [2.24, 2.45) is 0 Å². The Balaban J connectivity index is 2.93. The highest BCUT2D eigenvalue weighted by Crippen LogP contribution is 2.20. The lowest BCUT2D eigenvalue weighted by Gasteiger charge is -2.02. The van der Waals surface area contributed by atoms with Gasteiger partial charge in [0, 0.05) is 15.7 Å². The topological polar surface area (TPSA) is 69.4 Å². The standard InChI is InChI=1S/C9H8INO4/c1-15-9(12)4-6-2-3-7(11(13)14)5-8(6)10/h2-3,5H,4H2,1H3. The van der Waals surface area contributed by atoms with Crippen molar-refractivity contribution in [2.45, 2.75) is 6.42 Å². The maximum Gasteiger partial charge on any atom is 0.310 e. The molecule has 1 rings (SSSR count). The number of ether oxygens (including phenoxy) is 1. The van der Waals surface area contributed by atoms with Gasteiger partial charge in [-0.1, -0.05) is 6.07 Å². The Morgan fingerprint density at radius 2 is 2.27 bits per heavy atom. The molecule has 15 heavy (non-hydrogen) atoms. The largest absolute Gasteiger partial charge is 0.469 e. The monoisotopic (exact) mass is 321 g/mol. The van der Waals surface area contributed by atoms with Crippen LogP contribution in [-0.4, -0.2) is 18.0 Å². The van der Waals surface area contributed by atoms with Crippen molar-refractivity contribution in [3.8, 4) is 0 Å². The van der Waals surface area contributed by atoms with Gasteiger partial charge in [-0.2, -0.15) is 0 Å². The number of methoxy groups -OCH3 is 1. The summed E-state index contributed by atoms with van der Waals surface area (Å²) in [7, 11) is 1.31. The molecule has 0 atom stereocenters. The summed E-state index contributed by atoms with van der Waals surface area (Å²) >= 11 is 1.96. The number of nitrogens with zero attached hydrogens (tertiary/aromatic N) is 1. The fourth-order valence-corrected chi connectivity index (χ4v) is 1.71. The normalized spacial score (nSPS) is 9.73. The molecule has 0 unspecified atom stereocenters. The first-order valence-corrected chi connectivity index (χ1v) is 5.12. The van der Waals surface area contributed by atoms with Crippen LogP contribution in [0.15, 0.2) is 18.2 Å². The van der Waals surface area contributed by atoms with E-state index in [1.54, 1.807) is 6.07 Å². The summed E-state index contributed by atoms with van der Waals surface area (Å²) in [5.74, 6) is -0.359. The summed E-state index contributed by atoms with van der Waals surface area (Å²) in [5, 5.41) is 10.5. The fraction of sp³-hybridized carbons (Fsp3) is 0.222. The van der Waals surface area contributed by atoms with Crippen molar-refractivity contribution in [3.05, 3.63) is 37.4 Å². The summed E-state index contributed by atoms with van der Waals surface area (Å²) < 4.78 is 5.20. The van der Waals surface area contributed by atoms with E-state index in [1.807, 2.05) is 22.6 Å². The predicted octanol–water partition coefficient (Wildman–Crippen LogP) is 1.91. The first-order valence-electron chi connectivity index (χ1n) is 4.04. The van der Waals surface area contributed by atoms with Crippen LogP contribution < -0.4 is 0 Å². The lowest BCUT2D eigenvalue weighted by molar-refractivity contribution is -0.385. The van der Waals surface area contributed by atoms with Gasteiger partial charge >= 0.3 is 5.97 Å². The lowest BCUT2D eigenvalue weighted by atomic mass is 10.1. The van der Waals surface area contributed by atoms with Crippen LogP contribution in [-0.2, 0) is 16.0 Å². The van der Waals surface area contributed by atoms with Crippen LogP contribution >= 0.6 is 22.6 Å². The van der Waals surface area contributed by atoms with E-state index in [9.17, 15) is 14.9 Å². The number of carbonyl (C=O) groups excluding carboxylic acids is 1. The smallest absolute Gasteiger partial charge is 0.310 e. The molecule has 80 valence electrons. The quantitative estimate of drug-likeness (QED) is 0.369. The van der Waals surface area contributed by atoms with E-state index in [0.29, 0.717) is 3.57 Å². The number of carbonyl (C=O) groups is 1. The van der Waals surface area contributed by atoms with Crippen LogP contribution in [0.4, 0.5) is 5.69 Å². The molecule has 0 heterocycles. The summed E-state index contributed by atoms with van der Waals surface area (Å²) in [5.41, 5.74) is 0.751. The summed E-state index contributed by atoms with van der Waals surface area (Å²) in [6.45, 7) is 0. The van der Waals surface area contributed by atoms with Gasteiger partial charge in [-0.15, -0.1) is 0 Å². The average Bonchev–Trinajstić information content (AvgIpc) is 2.20. The molecular formula is C9H8INO4. The van der Waals surface area contributed by atoms with Gasteiger partial charge in [0.25, 0.3) is 5.69 Å². The van der Waals surface area contributed by atoms with Crippen molar-refractivity contribution in [2.75, 3.05) is 7.11 Å². The second kappa shape index (κ2) is 5.06. The second-order valence-corrected chi connectivity index (χ2v) is 3.95. The van der Waals surface area contributed by atoms with Crippen LogP contribution in [0.1, 0.15) is 5.56 Å². The molecular weight excluding hydrogens is 313 g/mol. The highest BCUT2D eigenvalue weighted by atomic mass is 127. The molecule has 0 aromatic heterocycles.